The number of amides is 1. The van der Waals surface area contributed by atoms with E-state index in [0.29, 0.717) is 5.75 Å². The van der Waals surface area contributed by atoms with Gasteiger partial charge in [0.2, 0.25) is 5.91 Å². The molecule has 0 aliphatic heterocycles. The fourth-order valence-corrected chi connectivity index (χ4v) is 5.08. The SMILES string of the molecule is CCCNC(=O)CSc1ncnc2sc3c(c12)CC[C@@H](C)C3. The number of aryl methyl sites for hydroxylation is 1. The summed E-state index contributed by atoms with van der Waals surface area (Å²) in [6, 6.07) is 0. The molecule has 1 aliphatic rings. The number of fused-ring (bicyclic) bond motifs is 3. The van der Waals surface area contributed by atoms with Gasteiger partial charge in [-0.25, -0.2) is 9.97 Å². The molecule has 1 atom stereocenters. The molecule has 1 aliphatic carbocycles. The molecule has 118 valence electrons. The Balaban J connectivity index is 1.82. The first-order valence-electron chi connectivity index (χ1n) is 7.83. The Hall–Kier alpha value is -1.14. The van der Waals surface area contributed by atoms with Gasteiger partial charge < -0.3 is 5.32 Å². The summed E-state index contributed by atoms with van der Waals surface area (Å²) in [5.41, 5.74) is 1.43. The molecule has 0 saturated heterocycles. The number of carbonyl (C=O) groups excluding carboxylic acids is 1. The van der Waals surface area contributed by atoms with Gasteiger partial charge in [0.05, 0.1) is 5.75 Å². The average Bonchev–Trinajstić information content (AvgIpc) is 2.88. The number of carbonyl (C=O) groups is 1. The minimum Gasteiger partial charge on any atom is -0.355 e. The molecule has 22 heavy (non-hydrogen) atoms. The predicted molar refractivity (Wildman–Crippen MR) is 92.6 cm³/mol. The van der Waals surface area contributed by atoms with Crippen LogP contribution in [0.25, 0.3) is 10.2 Å². The second kappa shape index (κ2) is 6.96. The molecule has 2 aromatic rings. The van der Waals surface area contributed by atoms with E-state index in [4.69, 9.17) is 0 Å². The average molecular weight is 335 g/mol. The fraction of sp³-hybridized carbons (Fsp3) is 0.562. The number of aromatic nitrogens is 2. The van der Waals surface area contributed by atoms with Crippen molar-refractivity contribution in [3.05, 3.63) is 16.8 Å². The van der Waals surface area contributed by atoms with Gasteiger partial charge in [-0.3, -0.25) is 4.79 Å². The molecule has 0 spiro atoms. The number of nitrogens with zero attached hydrogens (tertiary/aromatic N) is 2. The van der Waals surface area contributed by atoms with Crippen molar-refractivity contribution in [2.45, 2.75) is 44.6 Å². The van der Waals surface area contributed by atoms with Crippen LogP contribution < -0.4 is 5.32 Å². The van der Waals surface area contributed by atoms with Crippen molar-refractivity contribution >= 4 is 39.2 Å². The summed E-state index contributed by atoms with van der Waals surface area (Å²) in [4.78, 5) is 23.2. The third-order valence-electron chi connectivity index (χ3n) is 3.97. The van der Waals surface area contributed by atoms with Crippen LogP contribution in [-0.4, -0.2) is 28.2 Å². The van der Waals surface area contributed by atoms with Crippen LogP contribution in [0.3, 0.4) is 0 Å². The number of thiophene rings is 1. The molecule has 4 nitrogen and oxygen atoms in total. The van der Waals surface area contributed by atoms with E-state index in [-0.39, 0.29) is 5.91 Å². The maximum absolute atomic E-state index is 11.8. The van der Waals surface area contributed by atoms with E-state index in [1.807, 2.05) is 0 Å². The maximum atomic E-state index is 11.8. The van der Waals surface area contributed by atoms with Crippen LogP contribution in [0.5, 0.6) is 0 Å². The first-order chi connectivity index (χ1) is 10.7. The summed E-state index contributed by atoms with van der Waals surface area (Å²) in [6.07, 6.45) is 6.08. The largest absolute Gasteiger partial charge is 0.355 e. The quantitative estimate of drug-likeness (QED) is 0.672. The van der Waals surface area contributed by atoms with E-state index in [0.717, 1.165) is 41.6 Å². The van der Waals surface area contributed by atoms with Crippen molar-refractivity contribution in [1.29, 1.82) is 0 Å². The van der Waals surface area contributed by atoms with Gasteiger partial charge in [-0.1, -0.05) is 25.6 Å². The molecule has 0 aromatic carbocycles. The molecule has 2 heterocycles. The lowest BCUT2D eigenvalue weighted by Gasteiger charge is -2.18. The highest BCUT2D eigenvalue weighted by Gasteiger charge is 2.23. The Morgan fingerprint density at radius 3 is 3.18 bits per heavy atom. The van der Waals surface area contributed by atoms with Crippen molar-refractivity contribution in [2.75, 3.05) is 12.3 Å². The molecule has 3 rings (SSSR count). The van der Waals surface area contributed by atoms with Crippen molar-refractivity contribution in [1.82, 2.24) is 15.3 Å². The second-order valence-corrected chi connectivity index (χ2v) is 7.90. The summed E-state index contributed by atoms with van der Waals surface area (Å²) in [7, 11) is 0. The zero-order valence-corrected chi connectivity index (χ0v) is 14.6. The summed E-state index contributed by atoms with van der Waals surface area (Å²) >= 11 is 3.33. The van der Waals surface area contributed by atoms with E-state index >= 15 is 0 Å². The van der Waals surface area contributed by atoms with Gasteiger partial charge in [0.15, 0.2) is 0 Å². The number of nitrogens with one attached hydrogen (secondary N) is 1. The minimum atomic E-state index is 0.0799. The Morgan fingerprint density at radius 1 is 1.50 bits per heavy atom. The van der Waals surface area contributed by atoms with Crippen molar-refractivity contribution in [3.8, 4) is 0 Å². The number of thioether (sulfide) groups is 1. The molecule has 0 radical (unpaired) electrons. The Bertz CT molecular complexity index is 683. The number of rotatable bonds is 5. The van der Waals surface area contributed by atoms with E-state index in [1.165, 1.54) is 34.0 Å². The normalized spacial score (nSPS) is 17.5. The van der Waals surface area contributed by atoms with Gasteiger partial charge >= 0.3 is 0 Å². The van der Waals surface area contributed by atoms with Crippen LogP contribution in [0.1, 0.15) is 37.1 Å². The molecule has 0 saturated carbocycles. The smallest absolute Gasteiger partial charge is 0.230 e. The lowest BCUT2D eigenvalue weighted by atomic mass is 9.89. The van der Waals surface area contributed by atoms with Crippen LogP contribution >= 0.6 is 23.1 Å². The molecule has 0 fully saturated rings. The highest BCUT2D eigenvalue weighted by molar-refractivity contribution is 8.00. The van der Waals surface area contributed by atoms with Crippen molar-refractivity contribution < 1.29 is 4.79 Å². The van der Waals surface area contributed by atoms with Gasteiger partial charge in [-0.15, -0.1) is 11.3 Å². The highest BCUT2D eigenvalue weighted by atomic mass is 32.2. The second-order valence-electron chi connectivity index (χ2n) is 5.85. The van der Waals surface area contributed by atoms with Gasteiger partial charge in [0, 0.05) is 16.8 Å². The van der Waals surface area contributed by atoms with Gasteiger partial charge in [-0.2, -0.15) is 0 Å². The minimum absolute atomic E-state index is 0.0799. The third-order valence-corrected chi connectivity index (χ3v) is 6.12. The number of hydrogen-bond donors (Lipinski definition) is 1. The van der Waals surface area contributed by atoms with Gasteiger partial charge in [0.25, 0.3) is 0 Å². The van der Waals surface area contributed by atoms with Crippen LogP contribution in [0.2, 0.25) is 0 Å². The van der Waals surface area contributed by atoms with Gasteiger partial charge in [0.1, 0.15) is 16.2 Å². The van der Waals surface area contributed by atoms with E-state index in [2.05, 4.69) is 29.1 Å². The zero-order chi connectivity index (χ0) is 15.5. The molecule has 0 unspecified atom stereocenters. The first-order valence-corrected chi connectivity index (χ1v) is 9.64. The standard InChI is InChI=1S/C16H21N3OS2/c1-3-6-17-13(20)8-21-15-14-11-5-4-10(2)7-12(11)22-16(14)19-9-18-15/h9-10H,3-8H2,1-2H3,(H,17,20)/t10-/m1/s1. The van der Waals surface area contributed by atoms with E-state index in [9.17, 15) is 4.79 Å². The highest BCUT2D eigenvalue weighted by Crippen LogP contribution is 2.40. The molecule has 1 N–H and O–H groups in total. The Kier molecular flexibility index (Phi) is 4.98. The molecule has 6 heteroatoms. The Labute approximate surface area is 139 Å². The summed E-state index contributed by atoms with van der Waals surface area (Å²) in [5.74, 6) is 1.26. The Morgan fingerprint density at radius 2 is 2.36 bits per heavy atom. The van der Waals surface area contributed by atoms with Crippen molar-refractivity contribution in [3.63, 3.8) is 0 Å². The van der Waals surface area contributed by atoms with Crippen molar-refractivity contribution in [2.24, 2.45) is 5.92 Å². The molecule has 2 aromatic heterocycles. The van der Waals surface area contributed by atoms with E-state index in [1.54, 1.807) is 17.7 Å². The summed E-state index contributed by atoms with van der Waals surface area (Å²) in [6.45, 7) is 5.11. The van der Waals surface area contributed by atoms with Crippen LogP contribution in [0.15, 0.2) is 11.4 Å². The summed E-state index contributed by atoms with van der Waals surface area (Å²) < 4.78 is 0. The lowest BCUT2D eigenvalue weighted by molar-refractivity contribution is -0.118. The third kappa shape index (κ3) is 3.27. The fourth-order valence-electron chi connectivity index (χ4n) is 2.80. The van der Waals surface area contributed by atoms with Crippen LogP contribution in [-0.2, 0) is 17.6 Å². The monoisotopic (exact) mass is 335 g/mol. The molecular formula is C16H21N3OS2. The maximum Gasteiger partial charge on any atom is 0.230 e. The molecule has 1 amide bonds. The van der Waals surface area contributed by atoms with Gasteiger partial charge in [-0.05, 0) is 37.2 Å². The first kappa shape index (κ1) is 15.7. The number of hydrogen-bond acceptors (Lipinski definition) is 5. The topological polar surface area (TPSA) is 54.9 Å². The summed E-state index contributed by atoms with van der Waals surface area (Å²) in [5, 5.41) is 5.07. The zero-order valence-electron chi connectivity index (χ0n) is 13.0. The predicted octanol–water partition coefficient (Wildman–Crippen LogP) is 3.43. The van der Waals surface area contributed by atoms with Crippen LogP contribution in [0.4, 0.5) is 0 Å². The van der Waals surface area contributed by atoms with Crippen LogP contribution in [0, 0.1) is 5.92 Å². The van der Waals surface area contributed by atoms with E-state index < -0.39 is 0 Å². The molecule has 0 bridgehead atoms. The lowest BCUT2D eigenvalue weighted by Crippen LogP contribution is -2.25. The molecular weight excluding hydrogens is 314 g/mol.